The average molecular weight is 251 g/mol. The zero-order valence-corrected chi connectivity index (χ0v) is 10.4. The highest BCUT2D eigenvalue weighted by molar-refractivity contribution is 7.11. The first-order chi connectivity index (χ1) is 8.08. The predicted octanol–water partition coefficient (Wildman–Crippen LogP) is 0.995. The number of thiazole rings is 1. The largest absolute Gasteiger partial charge is 0.382 e. The van der Waals surface area contributed by atoms with Crippen LogP contribution in [0, 0.1) is 13.8 Å². The molecule has 0 fully saturated rings. The van der Waals surface area contributed by atoms with Crippen molar-refractivity contribution in [1.82, 2.24) is 20.5 Å². The van der Waals surface area contributed by atoms with Gasteiger partial charge in [-0.05, 0) is 13.8 Å². The average Bonchev–Trinajstić information content (AvgIpc) is 2.83. The molecular formula is C10H13N5OS. The number of aryl methyl sites for hydroxylation is 2. The topological polar surface area (TPSA) is 96.7 Å². The van der Waals surface area contributed by atoms with Gasteiger partial charge in [0, 0.05) is 16.8 Å². The summed E-state index contributed by atoms with van der Waals surface area (Å²) in [6.45, 7) is 4.13. The number of aromatic nitrogens is 3. The normalized spacial score (nSPS) is 10.5. The highest BCUT2D eigenvalue weighted by Crippen LogP contribution is 2.13. The van der Waals surface area contributed by atoms with E-state index in [1.54, 1.807) is 24.5 Å². The van der Waals surface area contributed by atoms with Crippen LogP contribution in [0.4, 0.5) is 5.82 Å². The summed E-state index contributed by atoms with van der Waals surface area (Å²) >= 11 is 1.55. The fourth-order valence-electron chi connectivity index (χ4n) is 1.46. The van der Waals surface area contributed by atoms with E-state index in [9.17, 15) is 4.79 Å². The first-order valence-electron chi connectivity index (χ1n) is 5.08. The van der Waals surface area contributed by atoms with E-state index < -0.39 is 0 Å². The molecule has 2 heterocycles. The van der Waals surface area contributed by atoms with E-state index in [-0.39, 0.29) is 11.7 Å². The van der Waals surface area contributed by atoms with Gasteiger partial charge in [0.05, 0.1) is 6.54 Å². The molecule has 0 saturated heterocycles. The lowest BCUT2D eigenvalue weighted by atomic mass is 10.2. The third kappa shape index (κ3) is 2.44. The lowest BCUT2D eigenvalue weighted by Crippen LogP contribution is -2.23. The van der Waals surface area contributed by atoms with Gasteiger partial charge in [0.25, 0.3) is 5.91 Å². The Bertz CT molecular complexity index is 525. The maximum atomic E-state index is 11.9. The highest BCUT2D eigenvalue weighted by Gasteiger charge is 2.15. The molecule has 7 heteroatoms. The smallest absolute Gasteiger partial charge is 0.257 e. The van der Waals surface area contributed by atoms with Crippen molar-refractivity contribution in [2.75, 3.05) is 5.73 Å². The molecule has 0 unspecified atom stereocenters. The molecule has 0 aliphatic carbocycles. The minimum atomic E-state index is -0.235. The van der Waals surface area contributed by atoms with Gasteiger partial charge in [0.1, 0.15) is 10.6 Å². The molecule has 1 amide bonds. The number of carbonyl (C=O) groups is 1. The SMILES string of the molecule is Cc1cnc(CNC(=O)c2c(N)n[nH]c2C)s1. The summed E-state index contributed by atoms with van der Waals surface area (Å²) in [6, 6.07) is 0. The fourth-order valence-corrected chi connectivity index (χ4v) is 2.19. The van der Waals surface area contributed by atoms with Crippen LogP contribution in [0.3, 0.4) is 0 Å². The zero-order chi connectivity index (χ0) is 12.4. The van der Waals surface area contributed by atoms with E-state index >= 15 is 0 Å². The zero-order valence-electron chi connectivity index (χ0n) is 9.57. The van der Waals surface area contributed by atoms with Crippen LogP contribution in [0.25, 0.3) is 0 Å². The van der Waals surface area contributed by atoms with Crippen molar-refractivity contribution in [3.05, 3.63) is 27.3 Å². The van der Waals surface area contributed by atoms with Crippen molar-refractivity contribution in [2.24, 2.45) is 0 Å². The number of hydrogen-bond acceptors (Lipinski definition) is 5. The Morgan fingerprint density at radius 3 is 2.88 bits per heavy atom. The van der Waals surface area contributed by atoms with Crippen LogP contribution in [-0.2, 0) is 6.54 Å². The molecule has 0 aromatic carbocycles. The van der Waals surface area contributed by atoms with Crippen LogP contribution >= 0.6 is 11.3 Å². The van der Waals surface area contributed by atoms with Gasteiger partial charge in [-0.25, -0.2) is 4.98 Å². The maximum Gasteiger partial charge on any atom is 0.257 e. The van der Waals surface area contributed by atoms with E-state index in [0.29, 0.717) is 17.8 Å². The van der Waals surface area contributed by atoms with Gasteiger partial charge in [-0.3, -0.25) is 9.89 Å². The number of amides is 1. The van der Waals surface area contributed by atoms with Gasteiger partial charge in [-0.15, -0.1) is 11.3 Å². The Kier molecular flexibility index (Phi) is 3.10. The minimum Gasteiger partial charge on any atom is -0.382 e. The molecule has 90 valence electrons. The molecular weight excluding hydrogens is 238 g/mol. The van der Waals surface area contributed by atoms with Crippen LogP contribution in [0.1, 0.15) is 25.9 Å². The van der Waals surface area contributed by atoms with E-state index in [1.807, 2.05) is 6.92 Å². The summed E-state index contributed by atoms with van der Waals surface area (Å²) in [5.41, 5.74) is 6.66. The summed E-state index contributed by atoms with van der Waals surface area (Å²) in [7, 11) is 0. The molecule has 2 aromatic rings. The second kappa shape index (κ2) is 4.54. The number of hydrogen-bond donors (Lipinski definition) is 3. The van der Waals surface area contributed by atoms with Crippen molar-refractivity contribution < 1.29 is 4.79 Å². The first-order valence-corrected chi connectivity index (χ1v) is 5.89. The number of H-pyrrole nitrogens is 1. The molecule has 17 heavy (non-hydrogen) atoms. The van der Waals surface area contributed by atoms with Crippen molar-refractivity contribution in [3.8, 4) is 0 Å². The van der Waals surface area contributed by atoms with Crippen molar-refractivity contribution in [3.63, 3.8) is 0 Å². The standard InChI is InChI=1S/C10H13N5OS/c1-5-3-12-7(17-5)4-13-10(16)8-6(2)14-15-9(8)11/h3H,4H2,1-2H3,(H,13,16)(H3,11,14,15). The maximum absolute atomic E-state index is 11.9. The molecule has 0 atom stereocenters. The molecule has 2 rings (SSSR count). The number of aromatic amines is 1. The number of carbonyl (C=O) groups excluding carboxylic acids is 1. The van der Waals surface area contributed by atoms with Crippen LogP contribution in [-0.4, -0.2) is 21.1 Å². The number of anilines is 1. The Hall–Kier alpha value is -1.89. The summed E-state index contributed by atoms with van der Waals surface area (Å²) in [4.78, 5) is 17.1. The quantitative estimate of drug-likeness (QED) is 0.758. The monoisotopic (exact) mass is 251 g/mol. The van der Waals surface area contributed by atoms with Gasteiger partial charge in [0.15, 0.2) is 5.82 Å². The number of nitrogens with two attached hydrogens (primary N) is 1. The van der Waals surface area contributed by atoms with E-state index in [2.05, 4.69) is 20.5 Å². The number of rotatable bonds is 3. The third-order valence-corrected chi connectivity index (χ3v) is 3.18. The third-order valence-electron chi connectivity index (χ3n) is 2.27. The minimum absolute atomic E-state index is 0.218. The lowest BCUT2D eigenvalue weighted by Gasteiger charge is -2.02. The summed E-state index contributed by atoms with van der Waals surface area (Å²) in [5, 5.41) is 10.1. The van der Waals surface area contributed by atoms with Gasteiger partial charge < -0.3 is 11.1 Å². The highest BCUT2D eigenvalue weighted by atomic mass is 32.1. The second-order valence-electron chi connectivity index (χ2n) is 3.66. The van der Waals surface area contributed by atoms with E-state index in [4.69, 9.17) is 5.73 Å². The van der Waals surface area contributed by atoms with Crippen LogP contribution in [0.2, 0.25) is 0 Å². The molecule has 0 bridgehead atoms. The fraction of sp³-hybridized carbons (Fsp3) is 0.300. The summed E-state index contributed by atoms with van der Waals surface area (Å²) < 4.78 is 0. The van der Waals surface area contributed by atoms with Gasteiger partial charge >= 0.3 is 0 Å². The van der Waals surface area contributed by atoms with Gasteiger partial charge in [-0.2, -0.15) is 5.10 Å². The molecule has 0 spiro atoms. The van der Waals surface area contributed by atoms with E-state index in [0.717, 1.165) is 9.88 Å². The Balaban J connectivity index is 2.03. The molecule has 0 radical (unpaired) electrons. The van der Waals surface area contributed by atoms with Crippen molar-refractivity contribution in [2.45, 2.75) is 20.4 Å². The molecule has 0 saturated carbocycles. The van der Waals surface area contributed by atoms with E-state index in [1.165, 1.54) is 0 Å². The van der Waals surface area contributed by atoms with Gasteiger partial charge in [-0.1, -0.05) is 0 Å². The van der Waals surface area contributed by atoms with Crippen molar-refractivity contribution in [1.29, 1.82) is 0 Å². The number of nitrogen functional groups attached to an aromatic ring is 1. The van der Waals surface area contributed by atoms with Crippen LogP contribution in [0.15, 0.2) is 6.20 Å². The second-order valence-corrected chi connectivity index (χ2v) is 4.98. The molecule has 0 aliphatic rings. The summed E-state index contributed by atoms with van der Waals surface area (Å²) in [5.74, 6) is -0.0167. The molecule has 4 N–H and O–H groups in total. The van der Waals surface area contributed by atoms with Gasteiger partial charge in [0.2, 0.25) is 0 Å². The van der Waals surface area contributed by atoms with Crippen LogP contribution in [0.5, 0.6) is 0 Å². The van der Waals surface area contributed by atoms with Crippen LogP contribution < -0.4 is 11.1 Å². The predicted molar refractivity (Wildman–Crippen MR) is 65.8 cm³/mol. The number of nitrogens with zero attached hydrogens (tertiary/aromatic N) is 2. The molecule has 2 aromatic heterocycles. The Labute approximate surface area is 102 Å². The lowest BCUT2D eigenvalue weighted by molar-refractivity contribution is 0.0951. The Morgan fingerprint density at radius 1 is 1.59 bits per heavy atom. The summed E-state index contributed by atoms with van der Waals surface area (Å²) in [6.07, 6.45) is 1.78. The molecule has 0 aliphatic heterocycles. The van der Waals surface area contributed by atoms with Crippen molar-refractivity contribution >= 4 is 23.1 Å². The first kappa shape index (κ1) is 11.6. The Morgan fingerprint density at radius 2 is 2.35 bits per heavy atom. The number of nitrogens with one attached hydrogen (secondary N) is 2. The molecule has 6 nitrogen and oxygen atoms in total.